The summed E-state index contributed by atoms with van der Waals surface area (Å²) in [6, 6.07) is 3.95. The third-order valence-corrected chi connectivity index (χ3v) is 7.13. The third kappa shape index (κ3) is 6.31. The van der Waals surface area contributed by atoms with Crippen LogP contribution in [-0.4, -0.2) is 53.8 Å². The van der Waals surface area contributed by atoms with E-state index < -0.39 is 0 Å². The highest BCUT2D eigenvalue weighted by molar-refractivity contribution is 5.69. The molecule has 0 aliphatic heterocycles. The highest BCUT2D eigenvalue weighted by Crippen LogP contribution is 2.33. The van der Waals surface area contributed by atoms with E-state index in [0.29, 0.717) is 23.0 Å². The van der Waals surface area contributed by atoms with Gasteiger partial charge in [0.1, 0.15) is 12.4 Å². The molecule has 2 aliphatic carbocycles. The summed E-state index contributed by atoms with van der Waals surface area (Å²) in [5, 5.41) is 1.38. The van der Waals surface area contributed by atoms with Crippen molar-refractivity contribution in [1.29, 1.82) is 0 Å². The molecule has 1 unspecified atom stereocenters. The zero-order valence-electron chi connectivity index (χ0n) is 20.7. The minimum Gasteiger partial charge on any atom is -0.489 e. The molecule has 1 atom stereocenters. The van der Waals surface area contributed by atoms with Crippen LogP contribution in [0.4, 0.5) is 4.79 Å². The van der Waals surface area contributed by atoms with Crippen LogP contribution in [0.15, 0.2) is 17.8 Å². The predicted octanol–water partition coefficient (Wildman–Crippen LogP) is 4.18. The second-order valence-corrected chi connectivity index (χ2v) is 9.46. The summed E-state index contributed by atoms with van der Waals surface area (Å²) in [4.78, 5) is 19.1. The molecule has 1 amide bonds. The lowest BCUT2D eigenvalue weighted by molar-refractivity contribution is 0.0697. The molecule has 0 spiro atoms. The monoisotopic (exact) mass is 459 g/mol. The van der Waals surface area contributed by atoms with Crippen LogP contribution in [0, 0.1) is 12.8 Å². The molecule has 0 bridgehead atoms. The van der Waals surface area contributed by atoms with Crippen molar-refractivity contribution < 1.29 is 14.3 Å². The van der Waals surface area contributed by atoms with E-state index in [0.717, 1.165) is 30.7 Å². The van der Waals surface area contributed by atoms with Gasteiger partial charge < -0.3 is 25.1 Å². The van der Waals surface area contributed by atoms with Crippen molar-refractivity contribution in [3.8, 4) is 5.75 Å². The van der Waals surface area contributed by atoms with Gasteiger partial charge in [0.2, 0.25) is 0 Å². The Morgan fingerprint density at radius 1 is 1.15 bits per heavy atom. The summed E-state index contributed by atoms with van der Waals surface area (Å²) in [5.74, 6) is 7.38. The van der Waals surface area contributed by atoms with Crippen LogP contribution >= 0.6 is 0 Å². The Bertz CT molecular complexity index is 831. The molecule has 8 heteroatoms. The molecular weight excluding hydrogens is 418 g/mol. The van der Waals surface area contributed by atoms with Crippen LogP contribution in [0.25, 0.3) is 5.70 Å². The second kappa shape index (κ2) is 11.6. The minimum absolute atomic E-state index is 0.0237. The molecule has 0 saturated heterocycles. The summed E-state index contributed by atoms with van der Waals surface area (Å²) in [7, 11) is 3.49. The van der Waals surface area contributed by atoms with Crippen LogP contribution in [0.3, 0.4) is 0 Å². The number of pyridine rings is 1. The van der Waals surface area contributed by atoms with Crippen LogP contribution in [0.5, 0.6) is 5.75 Å². The molecule has 0 radical (unpaired) electrons. The maximum atomic E-state index is 12.7. The number of ether oxygens (including phenoxy) is 2. The topological polar surface area (TPSA) is 107 Å². The van der Waals surface area contributed by atoms with E-state index in [2.05, 4.69) is 11.9 Å². The minimum atomic E-state index is -0.360. The van der Waals surface area contributed by atoms with Gasteiger partial charge in [-0.05, 0) is 69.9 Å². The first-order chi connectivity index (χ1) is 15.8. The number of hydrogen-bond acceptors (Lipinski definition) is 7. The average molecular weight is 460 g/mol. The second-order valence-electron chi connectivity index (χ2n) is 9.46. The highest BCUT2D eigenvalue weighted by atomic mass is 16.6. The number of hydrogen-bond donors (Lipinski definition) is 2. The third-order valence-electron chi connectivity index (χ3n) is 7.13. The quantitative estimate of drug-likeness (QED) is 0.421. The fraction of sp³-hybridized carbons (Fsp3) is 0.680. The lowest BCUT2D eigenvalue weighted by Crippen LogP contribution is -2.44. The van der Waals surface area contributed by atoms with Gasteiger partial charge in [-0.1, -0.05) is 19.8 Å². The van der Waals surface area contributed by atoms with Crippen molar-refractivity contribution in [1.82, 2.24) is 14.9 Å². The molecule has 1 heterocycles. The van der Waals surface area contributed by atoms with E-state index in [9.17, 15) is 4.79 Å². The first kappa shape index (κ1) is 25.1. The lowest BCUT2D eigenvalue weighted by atomic mass is 9.78. The Kier molecular flexibility index (Phi) is 8.83. The molecule has 1 aromatic rings. The van der Waals surface area contributed by atoms with Gasteiger partial charge in [-0.2, -0.15) is 0 Å². The molecular formula is C25H41N5O3. The fourth-order valence-electron chi connectivity index (χ4n) is 4.82. The molecule has 3 rings (SSSR count). The summed E-state index contributed by atoms with van der Waals surface area (Å²) < 4.78 is 11.8. The molecule has 2 fully saturated rings. The number of aromatic nitrogens is 1. The van der Waals surface area contributed by atoms with Crippen LogP contribution < -0.4 is 16.3 Å². The lowest BCUT2D eigenvalue weighted by Gasteiger charge is -2.38. The number of nitrogens with zero attached hydrogens (tertiary/aromatic N) is 3. The van der Waals surface area contributed by atoms with Crippen molar-refractivity contribution in [2.45, 2.75) is 83.8 Å². The number of hydrazine groups is 1. The van der Waals surface area contributed by atoms with Crippen molar-refractivity contribution >= 4 is 11.8 Å². The Morgan fingerprint density at radius 3 is 2.39 bits per heavy atom. The van der Waals surface area contributed by atoms with Gasteiger partial charge in [0.25, 0.3) is 0 Å². The number of nitrogens with two attached hydrogens (primary N) is 2. The Labute approximate surface area is 198 Å². The average Bonchev–Trinajstić information content (AvgIpc) is 2.77. The molecule has 2 saturated carbocycles. The zero-order chi connectivity index (χ0) is 24.0. The van der Waals surface area contributed by atoms with E-state index in [4.69, 9.17) is 21.1 Å². The number of amides is 1. The van der Waals surface area contributed by atoms with E-state index >= 15 is 0 Å². The maximum Gasteiger partial charge on any atom is 0.410 e. The van der Waals surface area contributed by atoms with Gasteiger partial charge in [-0.25, -0.2) is 15.6 Å². The van der Waals surface area contributed by atoms with Crippen molar-refractivity contribution in [2.75, 3.05) is 20.7 Å². The maximum absolute atomic E-state index is 12.7. The van der Waals surface area contributed by atoms with Gasteiger partial charge in [-0.15, -0.1) is 0 Å². The molecule has 2 aliphatic rings. The molecule has 184 valence electrons. The molecule has 4 N–H and O–H groups in total. The molecule has 1 aromatic heterocycles. The van der Waals surface area contributed by atoms with Crippen LogP contribution in [-0.2, 0) is 4.74 Å². The van der Waals surface area contributed by atoms with E-state index in [-0.39, 0.29) is 24.8 Å². The van der Waals surface area contributed by atoms with Gasteiger partial charge in [0.05, 0.1) is 28.9 Å². The van der Waals surface area contributed by atoms with Gasteiger partial charge in [0, 0.05) is 20.1 Å². The molecule has 8 nitrogen and oxygen atoms in total. The highest BCUT2D eigenvalue weighted by Gasteiger charge is 2.32. The van der Waals surface area contributed by atoms with Gasteiger partial charge in [0.15, 0.2) is 0 Å². The molecule has 0 aromatic carbocycles. The normalized spacial score (nSPS) is 18.7. The largest absolute Gasteiger partial charge is 0.489 e. The van der Waals surface area contributed by atoms with Crippen LogP contribution in [0.1, 0.15) is 76.1 Å². The number of carbonyl (C=O) groups is 1. The van der Waals surface area contributed by atoms with Crippen molar-refractivity contribution in [2.24, 2.45) is 17.5 Å². The number of likely N-dealkylation sites (N-methyl/N-ethyl adjacent to an activating group) is 1. The van der Waals surface area contributed by atoms with Gasteiger partial charge >= 0.3 is 6.09 Å². The Balaban J connectivity index is 1.67. The number of aryl methyl sites for hydroxylation is 1. The van der Waals surface area contributed by atoms with Crippen LogP contribution in [0.2, 0.25) is 0 Å². The van der Waals surface area contributed by atoms with Crippen molar-refractivity contribution in [3.05, 3.63) is 29.2 Å². The van der Waals surface area contributed by atoms with E-state index in [1.54, 1.807) is 11.9 Å². The zero-order valence-corrected chi connectivity index (χ0v) is 20.7. The number of carbonyl (C=O) groups excluding carboxylic acids is 1. The smallest absolute Gasteiger partial charge is 0.410 e. The Morgan fingerprint density at radius 2 is 1.85 bits per heavy atom. The fourth-order valence-corrected chi connectivity index (χ4v) is 4.82. The van der Waals surface area contributed by atoms with Crippen molar-refractivity contribution in [3.63, 3.8) is 0 Å². The first-order valence-electron chi connectivity index (χ1n) is 12.3. The summed E-state index contributed by atoms with van der Waals surface area (Å²) in [6.07, 6.45) is 10.3. The van der Waals surface area contributed by atoms with Gasteiger partial charge in [-0.3, -0.25) is 0 Å². The number of rotatable bonds is 9. The summed E-state index contributed by atoms with van der Waals surface area (Å²) >= 11 is 0. The van der Waals surface area contributed by atoms with E-state index in [1.807, 2.05) is 26.1 Å². The molecule has 33 heavy (non-hydrogen) atoms. The summed E-state index contributed by atoms with van der Waals surface area (Å²) in [6.45, 7) is 4.00. The predicted molar refractivity (Wildman–Crippen MR) is 130 cm³/mol. The SMILES string of the molecule is CCC(C1CCC1)N(C)C(=O)OC/C(=C(/N)c1ccc(OC2CCCCC2)c(C)n1)N(C)N. The Hall–Kier alpha value is -2.48. The van der Waals surface area contributed by atoms with E-state index in [1.165, 1.54) is 43.5 Å². The standard InChI is InChI=1S/C25H41N5O3/c1-5-21(18-10-9-11-18)29(3)25(31)32-16-22(30(4)27)24(26)20-14-15-23(17(2)28-20)33-19-12-7-6-8-13-19/h14-15,18-19,21H,5-13,16,26-27H2,1-4H3/b24-22-. The first-order valence-corrected chi connectivity index (χ1v) is 12.3. The summed E-state index contributed by atoms with van der Waals surface area (Å²) in [5.41, 5.74) is 8.67.